The fraction of sp³-hybridized carbons (Fsp3) is 1.00. The fourth-order valence-corrected chi connectivity index (χ4v) is 7.76. The average Bonchev–Trinajstić information content (AvgIpc) is 2.34. The minimum atomic E-state index is 0.289. The van der Waals surface area contributed by atoms with Gasteiger partial charge in [-0.3, -0.25) is 0 Å². The van der Waals surface area contributed by atoms with Gasteiger partial charge in [0.2, 0.25) is 0 Å². The minimum absolute atomic E-state index is 0.289. The molecular formula is C6H16P4. The second kappa shape index (κ2) is 4.67. The van der Waals surface area contributed by atoms with Crippen LogP contribution >= 0.6 is 33.1 Å². The first-order valence-corrected chi connectivity index (χ1v) is 10.4. The van der Waals surface area contributed by atoms with Gasteiger partial charge in [0.05, 0.1) is 0 Å². The van der Waals surface area contributed by atoms with E-state index in [4.69, 9.17) is 0 Å². The van der Waals surface area contributed by atoms with Gasteiger partial charge in [0.25, 0.3) is 0 Å². The molecule has 4 unspecified atom stereocenters. The fourth-order valence-electron chi connectivity index (χ4n) is 1.63. The maximum absolute atomic E-state index is 3.06. The molecule has 1 aliphatic carbocycles. The van der Waals surface area contributed by atoms with Crippen LogP contribution in [-0.2, 0) is 0 Å². The van der Waals surface area contributed by atoms with E-state index in [2.05, 4.69) is 24.8 Å². The summed E-state index contributed by atoms with van der Waals surface area (Å²) in [6.07, 6.45) is 4.46. The van der Waals surface area contributed by atoms with E-state index < -0.39 is 0 Å². The Morgan fingerprint density at radius 2 is 2.20 bits per heavy atom. The molecule has 0 heterocycles. The smallest absolute Gasteiger partial charge is 0.0110 e. The molecule has 1 rings (SSSR count). The molecule has 0 radical (unpaired) electrons. The first-order chi connectivity index (χ1) is 4.75. The average molecular weight is 212 g/mol. The number of hydrogen-bond donors (Lipinski definition) is 0. The molecule has 1 saturated carbocycles. The van der Waals surface area contributed by atoms with E-state index in [1.165, 1.54) is 19.3 Å². The van der Waals surface area contributed by atoms with Gasteiger partial charge in [0.1, 0.15) is 0 Å². The summed E-state index contributed by atoms with van der Waals surface area (Å²) < 4.78 is 0. The third kappa shape index (κ3) is 2.35. The zero-order valence-electron chi connectivity index (χ0n) is 6.38. The lowest BCUT2D eigenvalue weighted by atomic mass is 10.1. The molecule has 4 heteroatoms. The predicted molar refractivity (Wildman–Crippen MR) is 61.5 cm³/mol. The van der Waals surface area contributed by atoms with Crippen LogP contribution in [0.25, 0.3) is 0 Å². The van der Waals surface area contributed by atoms with Crippen LogP contribution in [0.5, 0.6) is 0 Å². The molecule has 0 aromatic heterocycles. The van der Waals surface area contributed by atoms with Gasteiger partial charge in [-0.1, -0.05) is 35.0 Å². The first kappa shape index (κ1) is 9.81. The Labute approximate surface area is 71.3 Å². The lowest BCUT2D eigenvalue weighted by molar-refractivity contribution is 0.623. The molecule has 60 valence electrons. The van der Waals surface area contributed by atoms with Crippen molar-refractivity contribution < 1.29 is 0 Å². The van der Waals surface area contributed by atoms with Gasteiger partial charge in [0, 0.05) is 0 Å². The summed E-state index contributed by atoms with van der Waals surface area (Å²) in [5.41, 5.74) is 1.07. The first-order valence-electron chi connectivity index (χ1n) is 3.76. The van der Waals surface area contributed by atoms with Crippen molar-refractivity contribution in [3.63, 3.8) is 0 Å². The van der Waals surface area contributed by atoms with Crippen LogP contribution in [0.1, 0.15) is 26.2 Å². The molecule has 0 aromatic carbocycles. The highest BCUT2D eigenvalue weighted by Crippen LogP contribution is 2.72. The maximum atomic E-state index is 3.06. The molecule has 6 atom stereocenters. The van der Waals surface area contributed by atoms with E-state index >= 15 is 0 Å². The summed E-state index contributed by atoms with van der Waals surface area (Å²) in [6.45, 7) is 2.42. The topological polar surface area (TPSA) is 0 Å². The Hall–Kier alpha value is 1.72. The Morgan fingerprint density at radius 1 is 1.50 bits per heavy atom. The molecular weight excluding hydrogens is 196 g/mol. The Kier molecular flexibility index (Phi) is 4.58. The van der Waals surface area contributed by atoms with Crippen molar-refractivity contribution in [2.24, 2.45) is 5.92 Å². The second-order valence-electron chi connectivity index (χ2n) is 3.01. The molecule has 10 heavy (non-hydrogen) atoms. The standard InChI is InChI=1S/C6H16P4/c1-5-3-2-4-6(5)10(8)9-7/h5-6,9H,2-4,7-8H2,1H3/t5-,6+,10?/m0/s1. The van der Waals surface area contributed by atoms with Gasteiger partial charge in [0.15, 0.2) is 0 Å². The molecule has 0 nitrogen and oxygen atoms in total. The largest absolute Gasteiger partial charge is 0.110 e. The van der Waals surface area contributed by atoms with E-state index in [9.17, 15) is 0 Å². The third-order valence-corrected chi connectivity index (χ3v) is 13.8. The highest BCUT2D eigenvalue weighted by molar-refractivity contribution is 8.61. The summed E-state index contributed by atoms with van der Waals surface area (Å²) in [4.78, 5) is 0. The third-order valence-electron chi connectivity index (χ3n) is 2.32. The molecule has 0 bridgehead atoms. The summed E-state index contributed by atoms with van der Waals surface area (Å²) in [5, 5.41) is 0. The quantitative estimate of drug-likeness (QED) is 0.610. The lowest BCUT2D eigenvalue weighted by Crippen LogP contribution is -2.03. The van der Waals surface area contributed by atoms with Crippen LogP contribution in [0.2, 0.25) is 0 Å². The highest BCUT2D eigenvalue weighted by atomic mass is 32.6. The Balaban J connectivity index is 2.38. The monoisotopic (exact) mass is 212 g/mol. The minimum Gasteiger partial charge on any atom is -0.110 e. The summed E-state index contributed by atoms with van der Waals surface area (Å²) >= 11 is 0. The summed E-state index contributed by atoms with van der Waals surface area (Å²) in [6, 6.07) is 0. The van der Waals surface area contributed by atoms with E-state index in [1.807, 2.05) is 0 Å². The Morgan fingerprint density at radius 3 is 2.60 bits per heavy atom. The zero-order chi connectivity index (χ0) is 7.56. The van der Waals surface area contributed by atoms with Crippen LogP contribution in [-0.4, -0.2) is 5.66 Å². The van der Waals surface area contributed by atoms with E-state index in [-0.39, 0.29) is 7.30 Å². The van der Waals surface area contributed by atoms with E-state index in [0.717, 1.165) is 19.5 Å². The van der Waals surface area contributed by atoms with Crippen molar-refractivity contribution >= 4 is 33.1 Å². The van der Waals surface area contributed by atoms with Crippen LogP contribution in [0.15, 0.2) is 0 Å². The zero-order valence-corrected chi connectivity index (χ0v) is 10.6. The molecule has 0 spiro atoms. The van der Waals surface area contributed by atoms with Crippen LogP contribution in [0.4, 0.5) is 0 Å². The summed E-state index contributed by atoms with van der Waals surface area (Å²) in [5.74, 6) is 1.01. The molecule has 0 saturated heterocycles. The maximum Gasteiger partial charge on any atom is -0.0110 e. The molecule has 1 fully saturated rings. The normalized spacial score (nSPS) is 37.5. The molecule has 1 aliphatic rings. The van der Waals surface area contributed by atoms with Crippen molar-refractivity contribution in [1.82, 2.24) is 0 Å². The second-order valence-corrected chi connectivity index (χ2v) is 12.6. The SMILES string of the molecule is C[C@H]1CCC[C@H]1P(P)PP. The highest BCUT2D eigenvalue weighted by Gasteiger charge is 2.27. The van der Waals surface area contributed by atoms with Crippen molar-refractivity contribution in [3.8, 4) is 0 Å². The molecule has 0 N–H and O–H groups in total. The number of hydrogen-bond acceptors (Lipinski definition) is 0. The van der Waals surface area contributed by atoms with Gasteiger partial charge in [-0.25, -0.2) is 0 Å². The van der Waals surface area contributed by atoms with Crippen molar-refractivity contribution in [2.45, 2.75) is 31.8 Å². The van der Waals surface area contributed by atoms with Crippen LogP contribution in [0, 0.1) is 5.92 Å². The van der Waals surface area contributed by atoms with Crippen LogP contribution in [0.3, 0.4) is 0 Å². The van der Waals surface area contributed by atoms with E-state index in [1.54, 1.807) is 0 Å². The molecule has 0 amide bonds. The van der Waals surface area contributed by atoms with Crippen LogP contribution < -0.4 is 0 Å². The van der Waals surface area contributed by atoms with Crippen molar-refractivity contribution in [2.75, 3.05) is 0 Å². The van der Waals surface area contributed by atoms with Gasteiger partial charge >= 0.3 is 0 Å². The van der Waals surface area contributed by atoms with E-state index in [0.29, 0.717) is 0 Å². The summed E-state index contributed by atoms with van der Waals surface area (Å²) in [7, 11) is 7.34. The van der Waals surface area contributed by atoms with Gasteiger partial charge in [-0.2, -0.15) is 0 Å². The van der Waals surface area contributed by atoms with Crippen molar-refractivity contribution in [3.05, 3.63) is 0 Å². The molecule has 0 aromatic rings. The lowest BCUT2D eigenvalue weighted by Gasteiger charge is -2.21. The van der Waals surface area contributed by atoms with Gasteiger partial charge in [-0.05, 0) is 18.0 Å². The number of rotatable bonds is 2. The van der Waals surface area contributed by atoms with Crippen molar-refractivity contribution in [1.29, 1.82) is 0 Å². The Bertz CT molecular complexity index is 106. The predicted octanol–water partition coefficient (Wildman–Crippen LogP) is 3.83. The molecule has 0 aliphatic heterocycles. The van der Waals surface area contributed by atoms with Gasteiger partial charge in [-0.15, -0.1) is 17.9 Å². The van der Waals surface area contributed by atoms with Gasteiger partial charge < -0.3 is 0 Å².